The Morgan fingerprint density at radius 3 is 2.39 bits per heavy atom. The van der Waals surface area contributed by atoms with Gasteiger partial charge in [0, 0.05) is 44.5 Å². The fourth-order valence-corrected chi connectivity index (χ4v) is 2.20. The third-order valence-corrected chi connectivity index (χ3v) is 3.26. The van der Waals surface area contributed by atoms with Gasteiger partial charge < -0.3 is 4.90 Å². The molecule has 0 aliphatic carbocycles. The summed E-state index contributed by atoms with van der Waals surface area (Å²) in [5.74, 6) is 1.77. The lowest BCUT2D eigenvalue weighted by molar-refractivity contribution is 0.235. The highest BCUT2D eigenvalue weighted by Crippen LogP contribution is 2.17. The van der Waals surface area contributed by atoms with E-state index in [9.17, 15) is 9.18 Å². The summed E-state index contributed by atoms with van der Waals surface area (Å²) in [6.45, 7) is 3.91. The van der Waals surface area contributed by atoms with Gasteiger partial charge in [-0.15, -0.1) is 0 Å². The standard InChI is InChI=1S/C14H17FN2O/c15-6-7-16-8-10-17(11-9-16)14-3-1-13(2-4-14)5-12-18/h1-5H,6-11H2. The molecule has 1 aromatic rings. The smallest absolute Gasteiger partial charge is 0.125 e. The molecule has 0 saturated carbocycles. The first-order chi connectivity index (χ1) is 8.83. The SMILES string of the molecule is O=C=Cc1ccc(N2CCN(CCF)CC2)cc1. The molecule has 1 aromatic carbocycles. The molecule has 2 rings (SSSR count). The zero-order valence-corrected chi connectivity index (χ0v) is 10.3. The van der Waals surface area contributed by atoms with Gasteiger partial charge in [-0.3, -0.25) is 4.90 Å². The molecule has 18 heavy (non-hydrogen) atoms. The van der Waals surface area contributed by atoms with E-state index < -0.39 is 0 Å². The molecule has 96 valence electrons. The molecule has 0 spiro atoms. The van der Waals surface area contributed by atoms with Crippen LogP contribution in [0, 0.1) is 0 Å². The van der Waals surface area contributed by atoms with Crippen molar-refractivity contribution in [1.29, 1.82) is 0 Å². The minimum absolute atomic E-state index is 0.271. The Bertz CT molecular complexity index is 418. The van der Waals surface area contributed by atoms with E-state index in [0.29, 0.717) is 6.54 Å². The van der Waals surface area contributed by atoms with E-state index >= 15 is 0 Å². The number of benzene rings is 1. The van der Waals surface area contributed by atoms with Crippen LogP contribution in [-0.4, -0.2) is 50.2 Å². The van der Waals surface area contributed by atoms with Gasteiger partial charge in [-0.1, -0.05) is 12.1 Å². The minimum Gasteiger partial charge on any atom is -0.369 e. The maximum absolute atomic E-state index is 12.2. The van der Waals surface area contributed by atoms with Crippen molar-refractivity contribution in [3.8, 4) is 0 Å². The Balaban J connectivity index is 1.94. The normalized spacial score (nSPS) is 16.4. The lowest BCUT2D eigenvalue weighted by atomic mass is 10.2. The average molecular weight is 248 g/mol. The third kappa shape index (κ3) is 3.19. The highest BCUT2D eigenvalue weighted by atomic mass is 19.1. The van der Waals surface area contributed by atoms with Crippen molar-refractivity contribution >= 4 is 17.7 Å². The fourth-order valence-electron chi connectivity index (χ4n) is 2.20. The van der Waals surface area contributed by atoms with Crippen molar-refractivity contribution in [2.75, 3.05) is 44.3 Å². The van der Waals surface area contributed by atoms with Crippen LogP contribution >= 0.6 is 0 Å². The number of hydrogen-bond donors (Lipinski definition) is 0. The number of hydrogen-bond acceptors (Lipinski definition) is 3. The first-order valence-corrected chi connectivity index (χ1v) is 6.17. The fraction of sp³-hybridized carbons (Fsp3) is 0.429. The lowest BCUT2D eigenvalue weighted by Crippen LogP contribution is -2.47. The summed E-state index contributed by atoms with van der Waals surface area (Å²) in [7, 11) is 0. The molecule has 0 N–H and O–H groups in total. The highest BCUT2D eigenvalue weighted by Gasteiger charge is 2.16. The largest absolute Gasteiger partial charge is 0.369 e. The van der Waals surface area contributed by atoms with Crippen LogP contribution in [0.25, 0.3) is 6.08 Å². The van der Waals surface area contributed by atoms with Crippen molar-refractivity contribution in [2.45, 2.75) is 0 Å². The van der Waals surface area contributed by atoms with Gasteiger partial charge in [0.2, 0.25) is 0 Å². The summed E-state index contributed by atoms with van der Waals surface area (Å²) in [4.78, 5) is 14.7. The van der Waals surface area contributed by atoms with Gasteiger partial charge in [0.15, 0.2) is 0 Å². The molecule has 0 radical (unpaired) electrons. The molecule has 0 bridgehead atoms. The molecule has 4 heteroatoms. The Hall–Kier alpha value is -1.64. The summed E-state index contributed by atoms with van der Waals surface area (Å²) in [5.41, 5.74) is 2.02. The van der Waals surface area contributed by atoms with Gasteiger partial charge in [0.05, 0.1) is 0 Å². The van der Waals surface area contributed by atoms with Gasteiger partial charge in [0.25, 0.3) is 0 Å². The molecule has 0 amide bonds. The molecular formula is C14H17FN2O. The van der Waals surface area contributed by atoms with Crippen molar-refractivity contribution in [3.63, 3.8) is 0 Å². The second-order valence-electron chi connectivity index (χ2n) is 4.37. The Morgan fingerprint density at radius 1 is 1.17 bits per heavy atom. The van der Waals surface area contributed by atoms with Gasteiger partial charge in [-0.2, -0.15) is 0 Å². The summed E-state index contributed by atoms with van der Waals surface area (Å²) in [6, 6.07) is 7.84. The summed E-state index contributed by atoms with van der Waals surface area (Å²) >= 11 is 0. The molecule has 0 unspecified atom stereocenters. The van der Waals surface area contributed by atoms with Crippen LogP contribution in [0.4, 0.5) is 10.1 Å². The number of nitrogens with zero attached hydrogens (tertiary/aromatic N) is 2. The quantitative estimate of drug-likeness (QED) is 0.757. The predicted octanol–water partition coefficient (Wildman–Crippen LogP) is 1.62. The van der Waals surface area contributed by atoms with Crippen LogP contribution in [0.5, 0.6) is 0 Å². The molecule has 1 aliphatic rings. The van der Waals surface area contributed by atoms with Crippen molar-refractivity contribution in [2.24, 2.45) is 0 Å². The molecular weight excluding hydrogens is 231 g/mol. The van der Waals surface area contributed by atoms with Crippen molar-refractivity contribution in [1.82, 2.24) is 4.90 Å². The molecule has 3 nitrogen and oxygen atoms in total. The number of piperazine rings is 1. The van der Waals surface area contributed by atoms with Crippen LogP contribution in [0.2, 0.25) is 0 Å². The Kier molecular flexibility index (Phi) is 4.51. The first-order valence-electron chi connectivity index (χ1n) is 6.17. The van der Waals surface area contributed by atoms with Gasteiger partial charge in [0.1, 0.15) is 12.6 Å². The molecule has 0 atom stereocenters. The Labute approximate surface area is 107 Å². The summed E-state index contributed by atoms with van der Waals surface area (Å²) < 4.78 is 12.2. The third-order valence-electron chi connectivity index (χ3n) is 3.26. The van der Waals surface area contributed by atoms with Crippen LogP contribution in [-0.2, 0) is 4.79 Å². The van der Waals surface area contributed by atoms with Gasteiger partial charge in [-0.05, 0) is 17.7 Å². The van der Waals surface area contributed by atoms with E-state index in [1.54, 1.807) is 5.94 Å². The van der Waals surface area contributed by atoms with Crippen molar-refractivity contribution in [3.05, 3.63) is 29.8 Å². The second kappa shape index (κ2) is 6.34. The number of carbonyl (C=O) groups excluding carboxylic acids is 1. The maximum atomic E-state index is 12.2. The summed E-state index contributed by atoms with van der Waals surface area (Å²) in [5, 5.41) is 0. The molecule has 0 aromatic heterocycles. The zero-order chi connectivity index (χ0) is 12.8. The lowest BCUT2D eigenvalue weighted by Gasteiger charge is -2.35. The molecule has 1 heterocycles. The minimum atomic E-state index is -0.271. The van der Waals surface area contributed by atoms with Crippen LogP contribution in [0.15, 0.2) is 24.3 Å². The number of halogens is 1. The monoisotopic (exact) mass is 248 g/mol. The van der Waals surface area contributed by atoms with Gasteiger partial charge in [-0.25, -0.2) is 9.18 Å². The van der Waals surface area contributed by atoms with Crippen LogP contribution in [0.3, 0.4) is 0 Å². The van der Waals surface area contributed by atoms with Crippen LogP contribution < -0.4 is 4.90 Å². The molecule has 1 saturated heterocycles. The molecule has 1 aliphatic heterocycles. The van der Waals surface area contributed by atoms with E-state index in [-0.39, 0.29) is 6.67 Å². The topological polar surface area (TPSA) is 23.6 Å². The van der Waals surface area contributed by atoms with Crippen LogP contribution in [0.1, 0.15) is 5.56 Å². The van der Waals surface area contributed by atoms with E-state index in [1.165, 1.54) is 6.08 Å². The predicted molar refractivity (Wildman–Crippen MR) is 71.2 cm³/mol. The van der Waals surface area contributed by atoms with Gasteiger partial charge >= 0.3 is 0 Å². The van der Waals surface area contributed by atoms with E-state index in [0.717, 1.165) is 37.4 Å². The maximum Gasteiger partial charge on any atom is 0.125 e. The molecule has 1 fully saturated rings. The Morgan fingerprint density at radius 2 is 1.83 bits per heavy atom. The number of anilines is 1. The number of alkyl halides is 1. The first kappa shape index (κ1) is 12.8. The second-order valence-corrected chi connectivity index (χ2v) is 4.37. The number of rotatable bonds is 4. The van der Waals surface area contributed by atoms with E-state index in [1.807, 2.05) is 24.3 Å². The average Bonchev–Trinajstić information content (AvgIpc) is 2.41. The zero-order valence-electron chi connectivity index (χ0n) is 10.3. The van der Waals surface area contributed by atoms with E-state index in [4.69, 9.17) is 0 Å². The van der Waals surface area contributed by atoms with Crippen molar-refractivity contribution < 1.29 is 9.18 Å². The summed E-state index contributed by atoms with van der Waals surface area (Å²) in [6.07, 6.45) is 1.42. The van der Waals surface area contributed by atoms with E-state index in [2.05, 4.69) is 9.80 Å². The highest BCUT2D eigenvalue weighted by molar-refractivity contribution is 5.75.